The Bertz CT molecular complexity index is 194. The Morgan fingerprint density at radius 3 is 2.62 bits per heavy atom. The van der Waals surface area contributed by atoms with Crippen LogP contribution in [0.2, 0.25) is 0 Å². The second-order valence-corrected chi connectivity index (χ2v) is 3.50. The van der Waals surface area contributed by atoms with Gasteiger partial charge in [0.2, 0.25) is 0 Å². The summed E-state index contributed by atoms with van der Waals surface area (Å²) in [5.74, 6) is 0.180. The van der Waals surface area contributed by atoms with Gasteiger partial charge < -0.3 is 9.69 Å². The first kappa shape index (κ1) is 12.8. The Morgan fingerprint density at radius 1 is 1.54 bits per heavy atom. The number of rotatable bonds is 3. The molecule has 0 aromatic rings. The van der Waals surface area contributed by atoms with Crippen LogP contribution in [0, 0.1) is 5.92 Å². The summed E-state index contributed by atoms with van der Waals surface area (Å²) >= 11 is 0. The van der Waals surface area contributed by atoms with Gasteiger partial charge in [-0.05, 0) is 19.4 Å². The van der Waals surface area contributed by atoms with Gasteiger partial charge in [-0.3, -0.25) is 4.79 Å². The maximum absolute atomic E-state index is 11.5. The summed E-state index contributed by atoms with van der Waals surface area (Å²) in [4.78, 5) is 23.4. The van der Waals surface area contributed by atoms with Crippen molar-refractivity contribution < 1.29 is 29.1 Å². The van der Waals surface area contributed by atoms with Crippen LogP contribution in [0.5, 0.6) is 0 Å². The van der Waals surface area contributed by atoms with E-state index in [4.69, 9.17) is 0 Å². The minimum atomic E-state index is -0.192. The predicted octanol–water partition coefficient (Wildman–Crippen LogP) is 0.741. The third-order valence-corrected chi connectivity index (χ3v) is 2.27. The molecule has 1 heterocycles. The minimum Gasteiger partial charge on any atom is -0.520 e. The molecule has 1 aliphatic rings. The number of Topliss-reactive ketones (excluding diaryl/α,β-unsaturated/α-hetero) is 1. The van der Waals surface area contributed by atoms with Gasteiger partial charge in [-0.2, -0.15) is 6.41 Å². The van der Waals surface area contributed by atoms with Crippen molar-refractivity contribution in [1.82, 2.24) is 4.90 Å². The van der Waals surface area contributed by atoms with Crippen molar-refractivity contribution in [2.24, 2.45) is 5.92 Å². The Morgan fingerprint density at radius 2 is 2.15 bits per heavy atom. The summed E-state index contributed by atoms with van der Waals surface area (Å²) in [6, 6.07) is -0.192. The van der Waals surface area contributed by atoms with Crippen LogP contribution in [0.15, 0.2) is 0 Å². The molecule has 77 valence electrons. The number of nitrogens with zero attached hydrogens (tertiary/aromatic N) is 1. The normalized spacial score (nSPS) is 21.5. The van der Waals surface area contributed by atoms with Crippen molar-refractivity contribution in [3.63, 3.8) is 0 Å². The Hall–Kier alpha value is -0.237. The molecule has 0 N–H and O–H groups in total. The zero-order valence-electron chi connectivity index (χ0n) is 7.87. The van der Waals surface area contributed by atoms with Crippen LogP contribution < -0.4 is 0 Å². The van der Waals surface area contributed by atoms with Crippen LogP contribution in [0.1, 0.15) is 26.7 Å². The molecule has 1 radical (unpaired) electrons. The zero-order valence-corrected chi connectivity index (χ0v) is 9.51. The fourth-order valence-electron chi connectivity index (χ4n) is 1.56. The van der Waals surface area contributed by atoms with Crippen LogP contribution in [-0.2, 0) is 29.1 Å². The number of amides is 1. The third-order valence-electron chi connectivity index (χ3n) is 2.27. The van der Waals surface area contributed by atoms with Crippen LogP contribution in [0.4, 0.5) is 0 Å². The molecular formula is C9H14NO2Rh-. The largest absolute Gasteiger partial charge is 0.520 e. The standard InChI is InChI=1S/C9H14NO2.Rh/c1-7(2)9(12)8-4-3-5-10(8)6-11;/h7-8H,3-5H2,1-2H3;/q-1;. The van der Waals surface area contributed by atoms with E-state index in [1.165, 1.54) is 4.90 Å². The van der Waals surface area contributed by atoms with E-state index >= 15 is 0 Å². The SMILES string of the molecule is CC(C)C(=O)C1CCCN1[C-]=O.[Rh]. The van der Waals surface area contributed by atoms with E-state index in [9.17, 15) is 9.59 Å². The molecule has 0 aromatic heterocycles. The summed E-state index contributed by atoms with van der Waals surface area (Å²) in [5, 5.41) is 0. The van der Waals surface area contributed by atoms with E-state index in [0.717, 1.165) is 12.8 Å². The maximum atomic E-state index is 11.5. The van der Waals surface area contributed by atoms with E-state index < -0.39 is 0 Å². The molecule has 4 heteroatoms. The summed E-state index contributed by atoms with van der Waals surface area (Å²) in [5.41, 5.74) is 0. The molecule has 3 nitrogen and oxygen atoms in total. The van der Waals surface area contributed by atoms with E-state index in [2.05, 4.69) is 0 Å². The van der Waals surface area contributed by atoms with Crippen molar-refractivity contribution in [3.05, 3.63) is 0 Å². The third kappa shape index (κ3) is 2.87. The topological polar surface area (TPSA) is 37.4 Å². The van der Waals surface area contributed by atoms with Gasteiger partial charge in [-0.25, -0.2) is 0 Å². The Kier molecular flexibility index (Phi) is 5.38. The fourth-order valence-corrected chi connectivity index (χ4v) is 1.56. The minimum absolute atomic E-state index is 0. The van der Waals surface area contributed by atoms with Crippen molar-refractivity contribution in [1.29, 1.82) is 0 Å². The van der Waals surface area contributed by atoms with E-state index in [0.29, 0.717) is 6.54 Å². The molecule has 0 spiro atoms. The molecule has 1 atom stereocenters. The average Bonchev–Trinajstić information content (AvgIpc) is 2.49. The van der Waals surface area contributed by atoms with Crippen LogP contribution in [-0.4, -0.2) is 29.7 Å². The molecule has 0 bridgehead atoms. The van der Waals surface area contributed by atoms with Crippen LogP contribution in [0.25, 0.3) is 0 Å². The second-order valence-electron chi connectivity index (χ2n) is 3.50. The van der Waals surface area contributed by atoms with Gasteiger partial charge in [0.1, 0.15) is 0 Å². The molecule has 0 aromatic carbocycles. The number of likely N-dealkylation sites (tertiary alicyclic amines) is 1. The molecular weight excluding hydrogens is 257 g/mol. The molecule has 1 amide bonds. The summed E-state index contributed by atoms with van der Waals surface area (Å²) in [6.45, 7) is 4.42. The van der Waals surface area contributed by atoms with Gasteiger partial charge in [0, 0.05) is 25.4 Å². The van der Waals surface area contributed by atoms with Gasteiger partial charge in [-0.1, -0.05) is 13.8 Å². The van der Waals surface area contributed by atoms with Gasteiger partial charge in [0.25, 0.3) is 0 Å². The summed E-state index contributed by atoms with van der Waals surface area (Å²) < 4.78 is 0. The summed E-state index contributed by atoms with van der Waals surface area (Å²) in [6.07, 6.45) is 3.55. The molecule has 1 saturated heterocycles. The first-order valence-electron chi connectivity index (χ1n) is 4.35. The van der Waals surface area contributed by atoms with Crippen molar-refractivity contribution in [3.8, 4) is 0 Å². The number of carbonyl (C=O) groups is 1. The van der Waals surface area contributed by atoms with E-state index in [-0.39, 0.29) is 37.2 Å². The number of hydrogen-bond donors (Lipinski definition) is 0. The summed E-state index contributed by atoms with van der Waals surface area (Å²) in [7, 11) is 0. The van der Waals surface area contributed by atoms with Crippen LogP contribution >= 0.6 is 0 Å². The molecule has 1 aliphatic heterocycles. The molecule has 0 saturated carbocycles. The molecule has 0 aliphatic carbocycles. The van der Waals surface area contributed by atoms with Crippen molar-refractivity contribution in [2.75, 3.05) is 6.54 Å². The molecule has 13 heavy (non-hydrogen) atoms. The molecule has 1 fully saturated rings. The van der Waals surface area contributed by atoms with Gasteiger partial charge >= 0.3 is 0 Å². The van der Waals surface area contributed by atoms with E-state index in [1.807, 2.05) is 20.3 Å². The first-order chi connectivity index (χ1) is 5.66. The van der Waals surface area contributed by atoms with Gasteiger partial charge in [0.05, 0.1) is 6.04 Å². The predicted molar refractivity (Wildman–Crippen MR) is 45.3 cm³/mol. The quantitative estimate of drug-likeness (QED) is 0.561. The molecule has 1 rings (SSSR count). The first-order valence-corrected chi connectivity index (χ1v) is 4.35. The maximum Gasteiger partial charge on any atom is 0.155 e. The van der Waals surface area contributed by atoms with E-state index in [1.54, 1.807) is 0 Å². The van der Waals surface area contributed by atoms with Crippen molar-refractivity contribution in [2.45, 2.75) is 32.7 Å². The van der Waals surface area contributed by atoms with Gasteiger partial charge in [0.15, 0.2) is 5.78 Å². The van der Waals surface area contributed by atoms with Crippen molar-refractivity contribution >= 4 is 12.2 Å². The number of carbonyl (C=O) groups excluding carboxylic acids is 2. The second kappa shape index (κ2) is 5.48. The number of hydrogen-bond acceptors (Lipinski definition) is 2. The molecule has 1 unspecified atom stereocenters. The fraction of sp³-hybridized carbons (Fsp3) is 0.778. The Balaban J connectivity index is 0.00000144. The average molecular weight is 271 g/mol. The van der Waals surface area contributed by atoms with Gasteiger partial charge in [-0.15, -0.1) is 0 Å². The monoisotopic (exact) mass is 271 g/mol. The number of ketones is 1. The smallest absolute Gasteiger partial charge is 0.155 e. The zero-order chi connectivity index (χ0) is 9.14. The Labute approximate surface area is 91.6 Å². The van der Waals surface area contributed by atoms with Crippen LogP contribution in [0.3, 0.4) is 0 Å².